The van der Waals surface area contributed by atoms with Gasteiger partial charge in [0.25, 0.3) is 5.91 Å². The van der Waals surface area contributed by atoms with Crippen molar-refractivity contribution < 1.29 is 19.2 Å². The first-order valence-corrected chi connectivity index (χ1v) is 5.34. The van der Waals surface area contributed by atoms with Crippen LogP contribution >= 0.6 is 0 Å². The Morgan fingerprint density at radius 1 is 1.24 bits per heavy atom. The van der Waals surface area contributed by atoms with Gasteiger partial charge in [-0.05, 0) is 27.7 Å². The number of rotatable bonds is 4. The van der Waals surface area contributed by atoms with E-state index in [1.54, 1.807) is 20.8 Å². The van der Waals surface area contributed by atoms with Crippen LogP contribution in [0.25, 0.3) is 0 Å². The zero-order valence-electron chi connectivity index (χ0n) is 11.4. The maximum absolute atomic E-state index is 12.0. The van der Waals surface area contributed by atoms with Crippen LogP contribution in [0.2, 0.25) is 0 Å². The molecule has 100 valence electrons. The van der Waals surface area contributed by atoms with E-state index < -0.39 is 22.9 Å². The highest BCUT2D eigenvalue weighted by atomic mass is 16.7. The normalized spacial score (nSPS) is 15.0. The van der Waals surface area contributed by atoms with E-state index in [0.29, 0.717) is 0 Å². The van der Waals surface area contributed by atoms with Crippen molar-refractivity contribution in [2.24, 2.45) is 11.1 Å². The van der Waals surface area contributed by atoms with Crippen molar-refractivity contribution in [2.45, 2.75) is 33.3 Å². The largest absolute Gasteiger partial charge is 0.459 e. The van der Waals surface area contributed by atoms with Gasteiger partial charge in [0, 0.05) is 13.6 Å². The fourth-order valence-electron chi connectivity index (χ4n) is 1.08. The van der Waals surface area contributed by atoms with Gasteiger partial charge in [0.1, 0.15) is 5.60 Å². The van der Waals surface area contributed by atoms with Crippen molar-refractivity contribution in [1.82, 2.24) is 5.06 Å². The molecule has 0 fully saturated rings. The van der Waals surface area contributed by atoms with Crippen molar-refractivity contribution in [3.63, 3.8) is 0 Å². The van der Waals surface area contributed by atoms with Crippen LogP contribution in [0.15, 0.2) is 0 Å². The number of amides is 1. The summed E-state index contributed by atoms with van der Waals surface area (Å²) in [5.74, 6) is -1.18. The number of hydrogen-bond acceptors (Lipinski definition) is 5. The molecule has 0 aromatic carbocycles. The van der Waals surface area contributed by atoms with E-state index in [9.17, 15) is 9.59 Å². The highest BCUT2D eigenvalue weighted by Crippen LogP contribution is 2.23. The van der Waals surface area contributed by atoms with E-state index in [-0.39, 0.29) is 6.54 Å². The number of esters is 1. The Bertz CT molecular complexity index is 298. The van der Waals surface area contributed by atoms with E-state index in [1.807, 2.05) is 0 Å². The highest BCUT2D eigenvalue weighted by molar-refractivity contribution is 6.02. The topological polar surface area (TPSA) is 81.9 Å². The highest BCUT2D eigenvalue weighted by Gasteiger charge is 2.45. The summed E-state index contributed by atoms with van der Waals surface area (Å²) < 4.78 is 5.19. The second kappa shape index (κ2) is 5.46. The minimum Gasteiger partial charge on any atom is -0.459 e. The zero-order chi connectivity index (χ0) is 13.9. The predicted molar refractivity (Wildman–Crippen MR) is 62.8 cm³/mol. The first kappa shape index (κ1) is 15.9. The van der Waals surface area contributed by atoms with E-state index >= 15 is 0 Å². The number of ether oxygens (including phenoxy) is 1. The molecule has 0 heterocycles. The molecule has 0 spiro atoms. The molecule has 0 aliphatic carbocycles. The SMILES string of the molecule is CON(C)C(=O)C(C)(CN)C(=O)OC(C)(C)C. The molecule has 6 nitrogen and oxygen atoms in total. The fraction of sp³-hybridized carbons (Fsp3) is 0.818. The lowest BCUT2D eigenvalue weighted by Gasteiger charge is -2.31. The number of nitrogens with zero attached hydrogens (tertiary/aromatic N) is 1. The maximum Gasteiger partial charge on any atom is 0.323 e. The van der Waals surface area contributed by atoms with Gasteiger partial charge in [-0.3, -0.25) is 14.4 Å². The van der Waals surface area contributed by atoms with E-state index in [2.05, 4.69) is 0 Å². The number of hydroxylamine groups is 2. The van der Waals surface area contributed by atoms with E-state index in [4.69, 9.17) is 15.3 Å². The molecular weight excluding hydrogens is 224 g/mol. The van der Waals surface area contributed by atoms with Gasteiger partial charge in [0.15, 0.2) is 5.41 Å². The lowest BCUT2D eigenvalue weighted by molar-refractivity contribution is -0.190. The summed E-state index contributed by atoms with van der Waals surface area (Å²) in [4.78, 5) is 28.7. The second-order valence-electron chi connectivity index (χ2n) is 5.02. The van der Waals surface area contributed by atoms with Crippen LogP contribution in [0.1, 0.15) is 27.7 Å². The molecule has 1 amide bonds. The standard InChI is InChI=1S/C11H22N2O4/c1-10(2,3)17-9(15)11(4,7-12)8(14)13(5)16-6/h7,12H2,1-6H3. The van der Waals surface area contributed by atoms with Gasteiger partial charge in [-0.15, -0.1) is 0 Å². The van der Waals surface area contributed by atoms with Gasteiger partial charge in [-0.25, -0.2) is 5.06 Å². The smallest absolute Gasteiger partial charge is 0.323 e. The number of carbonyl (C=O) groups excluding carboxylic acids is 2. The molecule has 0 aliphatic rings. The van der Waals surface area contributed by atoms with Crippen LogP contribution < -0.4 is 5.73 Å². The lowest BCUT2D eigenvalue weighted by atomic mass is 9.89. The molecule has 1 unspecified atom stereocenters. The van der Waals surface area contributed by atoms with E-state index in [1.165, 1.54) is 21.1 Å². The third-order valence-corrected chi connectivity index (χ3v) is 2.29. The molecule has 17 heavy (non-hydrogen) atoms. The van der Waals surface area contributed by atoms with Crippen molar-refractivity contribution >= 4 is 11.9 Å². The van der Waals surface area contributed by atoms with Gasteiger partial charge in [0.2, 0.25) is 0 Å². The summed E-state index contributed by atoms with van der Waals surface area (Å²) in [6.07, 6.45) is 0. The Balaban J connectivity index is 5.02. The first-order valence-electron chi connectivity index (χ1n) is 5.34. The van der Waals surface area contributed by atoms with Crippen molar-refractivity contribution in [1.29, 1.82) is 0 Å². The summed E-state index contributed by atoms with van der Waals surface area (Å²) in [6.45, 7) is 6.48. The average Bonchev–Trinajstić information content (AvgIpc) is 2.23. The minimum absolute atomic E-state index is 0.144. The number of hydrogen-bond donors (Lipinski definition) is 1. The Hall–Kier alpha value is -1.14. The lowest BCUT2D eigenvalue weighted by Crippen LogP contribution is -2.51. The minimum atomic E-state index is -1.43. The van der Waals surface area contributed by atoms with Gasteiger partial charge < -0.3 is 10.5 Å². The summed E-state index contributed by atoms with van der Waals surface area (Å²) in [5.41, 5.74) is 3.42. The summed E-state index contributed by atoms with van der Waals surface area (Å²) in [6, 6.07) is 0. The second-order valence-corrected chi connectivity index (χ2v) is 5.02. The predicted octanol–water partition coefficient (Wildman–Crippen LogP) is 0.313. The molecular formula is C11H22N2O4. The van der Waals surface area contributed by atoms with Crippen LogP contribution in [0.3, 0.4) is 0 Å². The fourth-order valence-corrected chi connectivity index (χ4v) is 1.08. The van der Waals surface area contributed by atoms with Gasteiger partial charge in [-0.2, -0.15) is 0 Å². The summed E-state index contributed by atoms with van der Waals surface area (Å²) in [7, 11) is 2.75. The Labute approximate surface area is 102 Å². The molecule has 1 atom stereocenters. The first-order chi connectivity index (χ1) is 7.58. The van der Waals surface area contributed by atoms with Crippen LogP contribution in [0, 0.1) is 5.41 Å². The van der Waals surface area contributed by atoms with Crippen LogP contribution in [0.4, 0.5) is 0 Å². The van der Waals surface area contributed by atoms with Crippen LogP contribution in [0.5, 0.6) is 0 Å². The average molecular weight is 246 g/mol. The Morgan fingerprint density at radius 2 is 1.71 bits per heavy atom. The Morgan fingerprint density at radius 3 is 2.00 bits per heavy atom. The van der Waals surface area contributed by atoms with E-state index in [0.717, 1.165) is 5.06 Å². The van der Waals surface area contributed by atoms with Crippen molar-refractivity contribution in [3.8, 4) is 0 Å². The molecule has 0 aromatic heterocycles. The number of carbonyl (C=O) groups is 2. The molecule has 0 saturated carbocycles. The summed E-state index contributed by atoms with van der Waals surface area (Å²) >= 11 is 0. The monoisotopic (exact) mass is 246 g/mol. The van der Waals surface area contributed by atoms with Gasteiger partial charge in [-0.1, -0.05) is 0 Å². The van der Waals surface area contributed by atoms with Crippen LogP contribution in [-0.4, -0.2) is 43.2 Å². The van der Waals surface area contributed by atoms with Crippen molar-refractivity contribution in [3.05, 3.63) is 0 Å². The zero-order valence-corrected chi connectivity index (χ0v) is 11.4. The quantitative estimate of drug-likeness (QED) is 0.438. The molecule has 0 aliphatic heterocycles. The Kier molecular flexibility index (Phi) is 5.10. The van der Waals surface area contributed by atoms with Gasteiger partial charge >= 0.3 is 5.97 Å². The van der Waals surface area contributed by atoms with Crippen molar-refractivity contribution in [2.75, 3.05) is 20.7 Å². The maximum atomic E-state index is 12.0. The third kappa shape index (κ3) is 3.98. The molecule has 0 saturated heterocycles. The third-order valence-electron chi connectivity index (χ3n) is 2.29. The molecule has 0 bridgehead atoms. The van der Waals surface area contributed by atoms with Crippen LogP contribution in [-0.2, 0) is 19.2 Å². The number of nitrogens with two attached hydrogens (primary N) is 1. The van der Waals surface area contributed by atoms with Gasteiger partial charge in [0.05, 0.1) is 7.11 Å². The molecule has 0 aromatic rings. The molecule has 0 rings (SSSR count). The molecule has 0 radical (unpaired) electrons. The molecule has 6 heteroatoms. The molecule has 2 N–H and O–H groups in total. The summed E-state index contributed by atoms with van der Waals surface area (Å²) in [5, 5.41) is 0.969.